The number of nitrogens with zero attached hydrogens (tertiary/aromatic N) is 3. The number of thiazole rings is 1. The predicted molar refractivity (Wildman–Crippen MR) is 137 cm³/mol. The number of carbonyl (C=O) groups excluding carboxylic acids is 1. The summed E-state index contributed by atoms with van der Waals surface area (Å²) in [6.07, 6.45) is 1.49. The first-order valence-electron chi connectivity index (χ1n) is 10.4. The lowest BCUT2D eigenvalue weighted by molar-refractivity contribution is -0.649. The Balaban J connectivity index is 1.88. The number of halogens is 1. The molecule has 16 heteroatoms. The normalized spacial score (nSPS) is 15.8. The molecule has 0 saturated heterocycles. The van der Waals surface area contributed by atoms with Crippen molar-refractivity contribution in [1.29, 1.82) is 0 Å². The maximum atomic E-state index is 11.8. The number of aromatic nitrogens is 1. The van der Waals surface area contributed by atoms with E-state index in [2.05, 4.69) is 0 Å². The molecule has 4 rings (SSSR count). The van der Waals surface area contributed by atoms with E-state index in [4.69, 9.17) is 11.6 Å². The number of hydrogen-bond donors (Lipinski definition) is 0. The number of thioether (sulfide) groups is 1. The molecular weight excluding hydrogens is 586 g/mol. The van der Waals surface area contributed by atoms with Crippen molar-refractivity contribution in [3.63, 3.8) is 0 Å². The molecule has 0 fully saturated rings. The summed E-state index contributed by atoms with van der Waals surface area (Å²) in [4.78, 5) is 14.6. The maximum Gasteiger partial charge on any atom is 0.266 e. The Morgan fingerprint density at radius 2 is 1.86 bits per heavy atom. The van der Waals surface area contributed by atoms with Gasteiger partial charge in [0.1, 0.15) is 20.7 Å². The zero-order valence-electron chi connectivity index (χ0n) is 19.2. The minimum atomic E-state index is -4.77. The summed E-state index contributed by atoms with van der Waals surface area (Å²) in [6.45, 7) is 1.43. The van der Waals surface area contributed by atoms with Gasteiger partial charge in [-0.2, -0.15) is 4.57 Å². The molecule has 0 spiro atoms. The summed E-state index contributed by atoms with van der Waals surface area (Å²) in [5.74, 6) is -3.13. The number of rotatable bonds is 8. The van der Waals surface area contributed by atoms with Gasteiger partial charge in [0.25, 0.3) is 5.01 Å². The second-order valence-corrected chi connectivity index (χ2v) is 13.4. The van der Waals surface area contributed by atoms with Crippen LogP contribution in [0, 0.1) is 0 Å². The first-order chi connectivity index (χ1) is 17.1. The van der Waals surface area contributed by atoms with Gasteiger partial charge in [0.15, 0.2) is 10.1 Å². The minimum absolute atomic E-state index is 0.289. The number of hydrogen-bond acceptors (Lipinski definition) is 12. The Kier molecular flexibility index (Phi) is 7.51. The third kappa shape index (κ3) is 6.19. The van der Waals surface area contributed by atoms with Gasteiger partial charge in [0.05, 0.1) is 28.8 Å². The van der Waals surface area contributed by atoms with Crippen molar-refractivity contribution in [1.82, 2.24) is 0 Å². The largest absolute Gasteiger partial charge is 0.747 e. The fourth-order valence-corrected chi connectivity index (χ4v) is 7.42. The molecule has 0 amide bonds. The second-order valence-electron chi connectivity index (χ2n) is 8.12. The summed E-state index contributed by atoms with van der Waals surface area (Å²) in [6, 6.07) is 8.64. The highest BCUT2D eigenvalue weighted by Crippen LogP contribution is 2.48. The van der Waals surface area contributed by atoms with Crippen LogP contribution in [0.1, 0.15) is 11.9 Å². The van der Waals surface area contributed by atoms with Crippen molar-refractivity contribution in [3.8, 4) is 0 Å². The van der Waals surface area contributed by atoms with Crippen molar-refractivity contribution in [2.45, 2.75) is 23.7 Å². The molecule has 3 aromatic rings. The van der Waals surface area contributed by atoms with E-state index in [1.807, 2.05) is 0 Å². The Hall–Kier alpha value is -2.40. The summed E-state index contributed by atoms with van der Waals surface area (Å²) in [5.41, 5.74) is 1.18. The van der Waals surface area contributed by atoms with E-state index >= 15 is 0 Å². The van der Waals surface area contributed by atoms with Gasteiger partial charge in [0, 0.05) is 28.7 Å². The van der Waals surface area contributed by atoms with Crippen molar-refractivity contribution >= 4 is 88.6 Å². The third-order valence-corrected chi connectivity index (χ3v) is 9.17. The van der Waals surface area contributed by atoms with Gasteiger partial charge in [-0.3, -0.25) is 0 Å². The van der Waals surface area contributed by atoms with Crippen molar-refractivity contribution < 1.29 is 40.4 Å². The number of carboxylic acid groups (broad SMARTS) is 1. The molecule has 37 heavy (non-hydrogen) atoms. The molecule has 1 aliphatic heterocycles. The minimum Gasteiger partial charge on any atom is -0.747 e. The van der Waals surface area contributed by atoms with E-state index in [1.165, 1.54) is 40.5 Å². The lowest BCUT2D eigenvalue weighted by Crippen LogP contribution is -2.44. The van der Waals surface area contributed by atoms with Gasteiger partial charge in [0.2, 0.25) is 11.4 Å². The van der Waals surface area contributed by atoms with Gasteiger partial charge in [-0.15, -0.1) is 0 Å². The molecule has 2 aromatic carbocycles. The third-order valence-electron chi connectivity index (χ3n) is 5.56. The number of anilines is 2. The van der Waals surface area contributed by atoms with Crippen molar-refractivity contribution in [3.05, 3.63) is 51.5 Å². The number of fused-ring (bicyclic) bond motifs is 2. The van der Waals surface area contributed by atoms with Crippen LogP contribution in [0.25, 0.3) is 16.3 Å². The molecule has 2 heterocycles. The first kappa shape index (κ1) is 27.6. The molecule has 1 aliphatic rings. The van der Waals surface area contributed by atoms with Crippen LogP contribution >= 0.6 is 34.7 Å². The Morgan fingerprint density at radius 1 is 1.16 bits per heavy atom. The average molecular weight is 604 g/mol. The van der Waals surface area contributed by atoms with Gasteiger partial charge in [-0.1, -0.05) is 34.7 Å². The van der Waals surface area contributed by atoms with Gasteiger partial charge in [-0.25, -0.2) is 16.8 Å². The van der Waals surface area contributed by atoms with Crippen LogP contribution in [0.3, 0.4) is 0 Å². The average Bonchev–Trinajstić information content (AvgIpc) is 3.27. The predicted octanol–water partition coefficient (Wildman–Crippen LogP) is 1.33. The molecule has 1 atom stereocenters. The van der Waals surface area contributed by atoms with E-state index in [9.17, 15) is 35.8 Å². The van der Waals surface area contributed by atoms with Crippen molar-refractivity contribution in [2.24, 2.45) is 0 Å². The highest BCUT2D eigenvalue weighted by molar-refractivity contribution is 8.04. The quantitative estimate of drug-likeness (QED) is 0.269. The fraction of sp³-hybridized carbons (Fsp3) is 0.238. The smallest absolute Gasteiger partial charge is 0.266 e. The standard InChI is InChI=1S/C21H20ClN3O8S4/c1-12(21(26)27)23(2)14-4-6-18-16(8-14)25(11-37(31,32)33)20(35-18)9-19-24(10-36(28,29)30)15-7-13(22)3-5-17(15)34-19/h3-9,12H,10-11H2,1-2H3,(H2-,26,27,28,29,30,31,32,33)/p-2. The van der Waals surface area contributed by atoms with Crippen LogP contribution in [0.5, 0.6) is 0 Å². The van der Waals surface area contributed by atoms with Gasteiger partial charge >= 0.3 is 0 Å². The number of benzene rings is 2. The molecule has 1 aromatic heterocycles. The number of likely N-dealkylation sites (N-methyl/N-ethyl adjacent to an activating group) is 1. The Labute approximate surface area is 226 Å². The van der Waals surface area contributed by atoms with Crippen LogP contribution in [0.4, 0.5) is 11.4 Å². The molecule has 0 N–H and O–H groups in total. The number of aliphatic carboxylic acids is 1. The lowest BCUT2D eigenvalue weighted by atomic mass is 10.2. The van der Waals surface area contributed by atoms with Crippen LogP contribution < -0.4 is 19.5 Å². The van der Waals surface area contributed by atoms with E-state index in [1.54, 1.807) is 30.3 Å². The zero-order valence-corrected chi connectivity index (χ0v) is 23.2. The molecule has 0 saturated carbocycles. The van der Waals surface area contributed by atoms with Gasteiger partial charge < -0.3 is 28.8 Å². The van der Waals surface area contributed by atoms with E-state index in [0.29, 0.717) is 36.5 Å². The van der Waals surface area contributed by atoms with Crippen molar-refractivity contribution in [2.75, 3.05) is 22.7 Å². The molecule has 0 aliphatic carbocycles. The van der Waals surface area contributed by atoms with E-state index in [-0.39, 0.29) is 5.01 Å². The summed E-state index contributed by atoms with van der Waals surface area (Å²) < 4.78 is 72.1. The highest BCUT2D eigenvalue weighted by Gasteiger charge is 2.30. The van der Waals surface area contributed by atoms with Crippen LogP contribution in [0.15, 0.2) is 46.3 Å². The summed E-state index contributed by atoms with van der Waals surface area (Å²) in [5, 5.41) is 12.2. The monoisotopic (exact) mass is 603 g/mol. The topological polar surface area (TPSA) is 165 Å². The molecule has 11 nitrogen and oxygen atoms in total. The van der Waals surface area contributed by atoms with Crippen LogP contribution in [-0.2, 0) is 30.9 Å². The molecular formula is C21H18ClN3O8S4-2. The van der Waals surface area contributed by atoms with Gasteiger partial charge in [-0.05, 0) is 37.3 Å². The SMILES string of the molecule is CC(C(=O)[O-])N(C)c1ccc2sc(/C=C3\Sc4ccc(Cl)cc4N3CS(=O)(=O)[O-])[n+](CS(=O)(=O)[O-])c2c1. The number of carboxylic acids is 1. The fourth-order valence-electron chi connectivity index (χ4n) is 3.67. The summed E-state index contributed by atoms with van der Waals surface area (Å²) >= 11 is 8.35. The lowest BCUT2D eigenvalue weighted by Gasteiger charge is -2.27. The van der Waals surface area contributed by atoms with E-state index < -0.39 is 44.0 Å². The van der Waals surface area contributed by atoms with Crippen LogP contribution in [0.2, 0.25) is 5.02 Å². The van der Waals surface area contributed by atoms with Crippen LogP contribution in [-0.4, -0.2) is 50.9 Å². The second kappa shape index (κ2) is 10.1. The summed E-state index contributed by atoms with van der Waals surface area (Å²) in [7, 11) is -7.95. The maximum absolute atomic E-state index is 11.8. The molecule has 198 valence electrons. The Morgan fingerprint density at radius 3 is 2.49 bits per heavy atom. The molecule has 1 unspecified atom stereocenters. The van der Waals surface area contributed by atoms with E-state index in [0.717, 1.165) is 23.1 Å². The zero-order chi connectivity index (χ0) is 27.3. The Bertz CT molecular complexity index is 1650. The number of carbonyl (C=O) groups is 1. The first-order valence-corrected chi connectivity index (χ1v) is 15.5. The molecule has 0 bridgehead atoms. The highest BCUT2D eigenvalue weighted by atomic mass is 35.5. The molecule has 0 radical (unpaired) electrons.